The SMILES string of the molecule is Cc1ccc(S(=O)(=O)/N=C/c2ccc3ccccc3c2)cc1. The van der Waals surface area contributed by atoms with Gasteiger partial charge in [-0.15, -0.1) is 0 Å². The Morgan fingerprint density at radius 2 is 1.55 bits per heavy atom. The Kier molecular flexibility index (Phi) is 3.77. The van der Waals surface area contributed by atoms with E-state index in [-0.39, 0.29) is 4.90 Å². The molecule has 0 radical (unpaired) electrons. The van der Waals surface area contributed by atoms with Gasteiger partial charge in [0.1, 0.15) is 0 Å². The van der Waals surface area contributed by atoms with Gasteiger partial charge in [0, 0.05) is 6.21 Å². The van der Waals surface area contributed by atoms with Crippen molar-refractivity contribution >= 4 is 27.0 Å². The van der Waals surface area contributed by atoms with Gasteiger partial charge in [0.2, 0.25) is 0 Å². The van der Waals surface area contributed by atoms with Crippen LogP contribution >= 0.6 is 0 Å². The van der Waals surface area contributed by atoms with Crippen LogP contribution in [0.1, 0.15) is 11.1 Å². The molecule has 0 saturated heterocycles. The lowest BCUT2D eigenvalue weighted by molar-refractivity contribution is 0.598. The number of sulfonamides is 1. The predicted molar refractivity (Wildman–Crippen MR) is 89.9 cm³/mol. The number of rotatable bonds is 3. The standard InChI is InChI=1S/C18H15NO2S/c1-14-6-10-18(11-7-14)22(20,21)19-13-15-8-9-16-4-2-3-5-17(16)12-15/h2-13H,1H3/b19-13+. The Labute approximate surface area is 130 Å². The minimum Gasteiger partial charge on any atom is -0.199 e. The first-order chi connectivity index (χ1) is 10.5. The molecule has 0 spiro atoms. The zero-order valence-electron chi connectivity index (χ0n) is 12.1. The van der Waals surface area contributed by atoms with Crippen LogP contribution in [-0.4, -0.2) is 14.6 Å². The monoisotopic (exact) mass is 309 g/mol. The molecule has 3 nitrogen and oxygen atoms in total. The fraction of sp³-hybridized carbons (Fsp3) is 0.0556. The molecule has 0 atom stereocenters. The number of hydrogen-bond donors (Lipinski definition) is 0. The topological polar surface area (TPSA) is 46.5 Å². The molecule has 0 N–H and O–H groups in total. The largest absolute Gasteiger partial charge is 0.282 e. The molecule has 0 bridgehead atoms. The molecule has 0 fully saturated rings. The molecule has 3 rings (SSSR count). The lowest BCUT2D eigenvalue weighted by Gasteiger charge is -2.00. The summed E-state index contributed by atoms with van der Waals surface area (Å²) in [4.78, 5) is 0.204. The predicted octanol–water partition coefficient (Wildman–Crippen LogP) is 3.96. The van der Waals surface area contributed by atoms with Gasteiger partial charge in [0.15, 0.2) is 0 Å². The summed E-state index contributed by atoms with van der Waals surface area (Å²) in [5, 5.41) is 2.17. The molecule has 0 saturated carbocycles. The second-order valence-corrected chi connectivity index (χ2v) is 6.76. The summed E-state index contributed by atoms with van der Waals surface area (Å²) >= 11 is 0. The molecule has 0 aliphatic carbocycles. The van der Waals surface area contributed by atoms with E-state index in [0.717, 1.165) is 21.9 Å². The van der Waals surface area contributed by atoms with E-state index in [4.69, 9.17) is 0 Å². The van der Waals surface area contributed by atoms with Crippen LogP contribution in [0, 0.1) is 6.92 Å². The average Bonchev–Trinajstić information content (AvgIpc) is 2.53. The maximum Gasteiger partial charge on any atom is 0.282 e. The summed E-state index contributed by atoms with van der Waals surface area (Å²) in [6, 6.07) is 20.3. The molecule has 4 heteroatoms. The van der Waals surface area contributed by atoms with Crippen molar-refractivity contribution in [2.45, 2.75) is 11.8 Å². The van der Waals surface area contributed by atoms with Crippen LogP contribution in [0.15, 0.2) is 76.0 Å². The van der Waals surface area contributed by atoms with Crippen LogP contribution in [0.2, 0.25) is 0 Å². The van der Waals surface area contributed by atoms with Crippen molar-refractivity contribution in [3.8, 4) is 0 Å². The fourth-order valence-corrected chi connectivity index (χ4v) is 3.05. The third kappa shape index (κ3) is 3.07. The number of hydrogen-bond acceptors (Lipinski definition) is 2. The zero-order valence-corrected chi connectivity index (χ0v) is 12.9. The third-order valence-corrected chi connectivity index (χ3v) is 4.68. The van der Waals surface area contributed by atoms with Crippen LogP contribution in [0.25, 0.3) is 10.8 Å². The van der Waals surface area contributed by atoms with Crippen LogP contribution in [0.5, 0.6) is 0 Å². The Balaban J connectivity index is 1.92. The summed E-state index contributed by atoms with van der Waals surface area (Å²) in [6.07, 6.45) is 1.39. The minimum absolute atomic E-state index is 0.204. The minimum atomic E-state index is -3.66. The maximum absolute atomic E-state index is 12.2. The summed E-state index contributed by atoms with van der Waals surface area (Å²) in [5.41, 5.74) is 1.77. The quantitative estimate of drug-likeness (QED) is 0.688. The van der Waals surface area contributed by atoms with Crippen LogP contribution in [0.4, 0.5) is 0 Å². The lowest BCUT2D eigenvalue weighted by atomic mass is 10.1. The van der Waals surface area contributed by atoms with Gasteiger partial charge in [-0.05, 0) is 41.5 Å². The maximum atomic E-state index is 12.2. The summed E-state index contributed by atoms with van der Waals surface area (Å²) in [5.74, 6) is 0. The highest BCUT2D eigenvalue weighted by Gasteiger charge is 2.10. The van der Waals surface area contributed by atoms with Gasteiger partial charge in [-0.1, -0.05) is 54.1 Å². The van der Waals surface area contributed by atoms with Crippen molar-refractivity contribution in [1.82, 2.24) is 0 Å². The molecule has 0 amide bonds. The van der Waals surface area contributed by atoms with Gasteiger partial charge in [-0.25, -0.2) is 0 Å². The van der Waals surface area contributed by atoms with Crippen LogP contribution in [0.3, 0.4) is 0 Å². The van der Waals surface area contributed by atoms with Gasteiger partial charge in [-0.2, -0.15) is 12.8 Å². The lowest BCUT2D eigenvalue weighted by Crippen LogP contribution is -1.97. The number of aryl methyl sites for hydroxylation is 1. The van der Waals surface area contributed by atoms with Crippen molar-refractivity contribution < 1.29 is 8.42 Å². The Morgan fingerprint density at radius 1 is 0.864 bits per heavy atom. The smallest absolute Gasteiger partial charge is 0.199 e. The second-order valence-electron chi connectivity index (χ2n) is 5.13. The number of benzene rings is 3. The van der Waals surface area contributed by atoms with Crippen molar-refractivity contribution in [3.05, 3.63) is 77.9 Å². The molecule has 0 heterocycles. The van der Waals surface area contributed by atoms with E-state index >= 15 is 0 Å². The van der Waals surface area contributed by atoms with E-state index in [1.165, 1.54) is 6.21 Å². The second kappa shape index (κ2) is 5.73. The van der Waals surface area contributed by atoms with E-state index < -0.39 is 10.0 Å². The summed E-state index contributed by atoms with van der Waals surface area (Å²) in [7, 11) is -3.66. The number of nitrogens with zero attached hydrogens (tertiary/aromatic N) is 1. The molecule has 0 aromatic heterocycles. The van der Waals surface area contributed by atoms with E-state index in [0.29, 0.717) is 0 Å². The van der Waals surface area contributed by atoms with Crippen molar-refractivity contribution in [3.63, 3.8) is 0 Å². The van der Waals surface area contributed by atoms with Crippen LogP contribution < -0.4 is 0 Å². The normalized spacial score (nSPS) is 12.0. The van der Waals surface area contributed by atoms with Gasteiger partial charge in [0.05, 0.1) is 4.90 Å². The van der Waals surface area contributed by atoms with Gasteiger partial charge >= 0.3 is 0 Å². The third-order valence-electron chi connectivity index (χ3n) is 3.43. The van der Waals surface area contributed by atoms with Crippen LogP contribution in [-0.2, 0) is 10.0 Å². The highest BCUT2D eigenvalue weighted by atomic mass is 32.2. The van der Waals surface area contributed by atoms with Crippen molar-refractivity contribution in [2.75, 3.05) is 0 Å². The molecule has 3 aromatic carbocycles. The van der Waals surface area contributed by atoms with Crippen molar-refractivity contribution in [2.24, 2.45) is 4.40 Å². The first kappa shape index (κ1) is 14.5. The highest BCUT2D eigenvalue weighted by molar-refractivity contribution is 7.90. The molecule has 3 aromatic rings. The molecule has 22 heavy (non-hydrogen) atoms. The first-order valence-electron chi connectivity index (χ1n) is 6.90. The van der Waals surface area contributed by atoms with Crippen molar-refractivity contribution in [1.29, 1.82) is 0 Å². The first-order valence-corrected chi connectivity index (χ1v) is 8.34. The molecular weight excluding hydrogens is 294 g/mol. The Morgan fingerprint density at radius 3 is 2.27 bits per heavy atom. The van der Waals surface area contributed by atoms with Gasteiger partial charge in [-0.3, -0.25) is 0 Å². The van der Waals surface area contributed by atoms with Gasteiger partial charge < -0.3 is 0 Å². The Hall–Kier alpha value is -2.46. The van der Waals surface area contributed by atoms with Gasteiger partial charge in [0.25, 0.3) is 10.0 Å². The number of fused-ring (bicyclic) bond motifs is 1. The summed E-state index contributed by atoms with van der Waals surface area (Å²) < 4.78 is 28.1. The fourth-order valence-electron chi connectivity index (χ4n) is 2.19. The molecular formula is C18H15NO2S. The summed E-state index contributed by atoms with van der Waals surface area (Å²) in [6.45, 7) is 1.91. The Bertz CT molecular complexity index is 942. The van der Waals surface area contributed by atoms with E-state index in [1.54, 1.807) is 24.3 Å². The van der Waals surface area contributed by atoms with E-state index in [9.17, 15) is 8.42 Å². The van der Waals surface area contributed by atoms with E-state index in [2.05, 4.69) is 4.40 Å². The average molecular weight is 309 g/mol. The molecule has 0 unspecified atom stereocenters. The zero-order chi connectivity index (χ0) is 15.6. The highest BCUT2D eigenvalue weighted by Crippen LogP contribution is 2.16. The molecule has 110 valence electrons. The molecule has 0 aliphatic rings. The van der Waals surface area contributed by atoms with E-state index in [1.807, 2.05) is 49.4 Å². The molecule has 0 aliphatic heterocycles.